The number of piperidine rings is 1. The fraction of sp³-hybridized carbons (Fsp3) is 0.281. The van der Waals surface area contributed by atoms with Crippen LogP contribution >= 0.6 is 0 Å². The molecule has 1 aliphatic heterocycles. The maximum Gasteiger partial charge on any atom is 0.340 e. The normalized spacial score (nSPS) is 18.9. The summed E-state index contributed by atoms with van der Waals surface area (Å²) >= 11 is 0. The Labute approximate surface area is 272 Å². The molecule has 3 aliphatic rings. The molecule has 0 bridgehead atoms. The number of ketones is 1. The Kier molecular flexibility index (Phi) is 6.61. The van der Waals surface area contributed by atoms with Crippen molar-refractivity contribution < 1.29 is 33.6 Å². The first kappa shape index (κ1) is 30.5. The molecule has 7 rings (SSSR count). The fourth-order valence-electron chi connectivity index (χ4n) is 7.07. The molecule has 2 aliphatic carbocycles. The van der Waals surface area contributed by atoms with Gasteiger partial charge in [0.2, 0.25) is 5.78 Å². The van der Waals surface area contributed by atoms with Crippen LogP contribution in [-0.4, -0.2) is 71.6 Å². The number of rotatable bonds is 7. The molecule has 2 atom stereocenters. The summed E-state index contributed by atoms with van der Waals surface area (Å²) in [5, 5.41) is 16.4. The number of carbonyl (C=O) groups excluding carboxylic acids is 5. The summed E-state index contributed by atoms with van der Waals surface area (Å²) in [6, 6.07) is 4.16. The lowest BCUT2D eigenvalue weighted by Gasteiger charge is -2.28. The topological polar surface area (TPSA) is 196 Å². The number of methoxy groups -OCH3 is 1. The fourth-order valence-corrected chi connectivity index (χ4v) is 7.07. The van der Waals surface area contributed by atoms with Crippen molar-refractivity contribution in [3.63, 3.8) is 0 Å². The maximum atomic E-state index is 14.0. The van der Waals surface area contributed by atoms with E-state index in [1.54, 1.807) is 33.0 Å². The van der Waals surface area contributed by atoms with Crippen molar-refractivity contribution in [2.45, 2.75) is 18.8 Å². The van der Waals surface area contributed by atoms with Crippen molar-refractivity contribution in [3.8, 4) is 0 Å². The summed E-state index contributed by atoms with van der Waals surface area (Å²) in [5.74, 6) is -1.79. The average molecular weight is 655 g/mol. The number of ether oxygens (including phenoxy) is 1. The second-order valence-corrected chi connectivity index (χ2v) is 12.4. The first-order valence-electron chi connectivity index (χ1n) is 14.9. The van der Waals surface area contributed by atoms with Crippen LogP contribution in [0.25, 0.3) is 0 Å². The summed E-state index contributed by atoms with van der Waals surface area (Å²) in [7, 11) is 6.12. The van der Waals surface area contributed by atoms with Crippen LogP contribution in [0.4, 0.5) is 17.3 Å². The lowest BCUT2D eigenvalue weighted by atomic mass is 9.82. The van der Waals surface area contributed by atoms with Gasteiger partial charge in [-0.2, -0.15) is 0 Å². The van der Waals surface area contributed by atoms with Gasteiger partial charge in [0, 0.05) is 68.5 Å². The standard InChI is InChI=1S/C32H30N8O8/c1-15-25(31(45)48-5)26-27(33-15)21(41)9-22-32(26)10-18(32)13-39(22)30(44)20-6-16(11-36(20)2)28(42)34-23-7-17(12-37(23)3)29(43)35-24-8-19(40(46)47)14-38(24)4/h6-9,11-12,14,18,33H,10,13H2,1-5H3,(H,34,42)(H,35,43)/t18-,32+/m1/s1. The van der Waals surface area contributed by atoms with Gasteiger partial charge in [-0.05, 0) is 31.4 Å². The minimum atomic E-state index is -0.649. The van der Waals surface area contributed by atoms with Crippen LogP contribution in [0.5, 0.6) is 0 Å². The summed E-state index contributed by atoms with van der Waals surface area (Å²) < 4.78 is 9.51. The van der Waals surface area contributed by atoms with E-state index < -0.39 is 34.0 Å². The van der Waals surface area contributed by atoms with Crippen molar-refractivity contribution >= 4 is 46.8 Å². The van der Waals surface area contributed by atoms with Crippen LogP contribution in [0.2, 0.25) is 0 Å². The number of aromatic nitrogens is 4. The van der Waals surface area contributed by atoms with Gasteiger partial charge in [-0.15, -0.1) is 0 Å². The molecule has 3 N–H and O–H groups in total. The molecule has 1 spiro atoms. The van der Waals surface area contributed by atoms with Crippen LogP contribution < -0.4 is 10.6 Å². The van der Waals surface area contributed by atoms with Crippen LogP contribution in [-0.2, 0) is 31.3 Å². The molecule has 246 valence electrons. The van der Waals surface area contributed by atoms with Crippen LogP contribution in [0, 0.1) is 23.0 Å². The Morgan fingerprint density at radius 1 is 0.979 bits per heavy atom. The third kappa shape index (κ3) is 4.39. The highest BCUT2D eigenvalue weighted by Gasteiger charge is 2.69. The molecule has 16 nitrogen and oxygen atoms in total. The Hall–Kier alpha value is -6.19. The Balaban J connectivity index is 1.09. The number of carbonyl (C=O) groups is 5. The van der Waals surface area contributed by atoms with Gasteiger partial charge in [-0.25, -0.2) is 4.79 Å². The van der Waals surface area contributed by atoms with Crippen LogP contribution in [0.15, 0.2) is 48.6 Å². The van der Waals surface area contributed by atoms with Gasteiger partial charge in [-0.3, -0.25) is 29.3 Å². The van der Waals surface area contributed by atoms with E-state index in [2.05, 4.69) is 15.6 Å². The predicted octanol–water partition coefficient (Wildman–Crippen LogP) is 3.03. The van der Waals surface area contributed by atoms with Gasteiger partial charge in [0.25, 0.3) is 23.4 Å². The molecule has 1 saturated heterocycles. The van der Waals surface area contributed by atoms with Crippen molar-refractivity contribution in [1.82, 2.24) is 23.6 Å². The first-order valence-corrected chi connectivity index (χ1v) is 14.9. The molecule has 0 aromatic carbocycles. The van der Waals surface area contributed by atoms with Gasteiger partial charge < -0.3 is 39.0 Å². The van der Waals surface area contributed by atoms with Crippen LogP contribution in [0.1, 0.15) is 69.7 Å². The number of hydrogen-bond acceptors (Lipinski definition) is 8. The molecular formula is C32H30N8O8. The molecule has 48 heavy (non-hydrogen) atoms. The number of aryl methyl sites for hydroxylation is 4. The molecule has 3 amide bonds. The van der Waals surface area contributed by atoms with Crippen molar-refractivity contribution in [2.75, 3.05) is 24.3 Å². The van der Waals surface area contributed by atoms with E-state index in [1.807, 2.05) is 0 Å². The van der Waals surface area contributed by atoms with Crippen molar-refractivity contribution in [2.24, 2.45) is 27.1 Å². The summed E-state index contributed by atoms with van der Waals surface area (Å²) in [4.78, 5) is 81.2. The zero-order valence-corrected chi connectivity index (χ0v) is 26.5. The number of nitro groups is 1. The number of amides is 3. The molecule has 5 heterocycles. The molecular weight excluding hydrogens is 624 g/mol. The van der Waals surface area contributed by atoms with E-state index in [4.69, 9.17) is 4.74 Å². The molecule has 1 saturated carbocycles. The summed E-state index contributed by atoms with van der Waals surface area (Å²) in [5.41, 5.74) is 2.11. The zero-order valence-electron chi connectivity index (χ0n) is 26.5. The largest absolute Gasteiger partial charge is 0.465 e. The minimum absolute atomic E-state index is 0.0154. The number of allylic oxidation sites excluding steroid dienone is 2. The van der Waals surface area contributed by atoms with E-state index in [0.29, 0.717) is 47.0 Å². The first-order chi connectivity index (χ1) is 22.7. The number of fused-ring (bicyclic) bond motifs is 1. The number of nitrogens with one attached hydrogen (secondary N) is 3. The Bertz CT molecular complexity index is 2180. The number of aromatic amines is 1. The van der Waals surface area contributed by atoms with Gasteiger partial charge >= 0.3 is 5.97 Å². The Morgan fingerprint density at radius 3 is 2.25 bits per heavy atom. The zero-order chi connectivity index (χ0) is 34.4. The third-order valence-electron chi connectivity index (χ3n) is 9.48. The van der Waals surface area contributed by atoms with Gasteiger partial charge in [0.1, 0.15) is 17.3 Å². The summed E-state index contributed by atoms with van der Waals surface area (Å²) in [6.07, 6.45) is 6.44. The molecule has 4 aromatic rings. The molecule has 0 radical (unpaired) electrons. The smallest absolute Gasteiger partial charge is 0.340 e. The van der Waals surface area contributed by atoms with Crippen molar-refractivity contribution in [3.05, 3.63) is 98.0 Å². The van der Waals surface area contributed by atoms with E-state index >= 15 is 0 Å². The van der Waals surface area contributed by atoms with Crippen LogP contribution in [0.3, 0.4) is 0 Å². The highest BCUT2D eigenvalue weighted by molar-refractivity contribution is 6.12. The second kappa shape index (κ2) is 10.4. The molecule has 4 aromatic heterocycles. The quantitative estimate of drug-likeness (QED) is 0.154. The Morgan fingerprint density at radius 2 is 1.60 bits per heavy atom. The van der Waals surface area contributed by atoms with Gasteiger partial charge in [0.05, 0.1) is 46.7 Å². The maximum absolute atomic E-state index is 14.0. The highest BCUT2D eigenvalue weighted by atomic mass is 16.6. The highest BCUT2D eigenvalue weighted by Crippen LogP contribution is 2.67. The number of nitrogens with zero attached hydrogens (tertiary/aromatic N) is 5. The van der Waals surface area contributed by atoms with Gasteiger partial charge in [-0.1, -0.05) is 0 Å². The van der Waals surface area contributed by atoms with E-state index in [-0.39, 0.29) is 40.0 Å². The number of esters is 1. The van der Waals surface area contributed by atoms with Crippen molar-refractivity contribution in [1.29, 1.82) is 0 Å². The minimum Gasteiger partial charge on any atom is -0.465 e. The predicted molar refractivity (Wildman–Crippen MR) is 169 cm³/mol. The average Bonchev–Trinajstić information content (AvgIpc) is 3.54. The number of likely N-dealkylation sites (tertiary alicyclic amines) is 1. The lowest BCUT2D eigenvalue weighted by molar-refractivity contribution is -0.384. The van der Waals surface area contributed by atoms with E-state index in [9.17, 15) is 34.1 Å². The summed E-state index contributed by atoms with van der Waals surface area (Å²) in [6.45, 7) is 2.06. The third-order valence-corrected chi connectivity index (χ3v) is 9.48. The number of anilines is 2. The molecule has 2 fully saturated rings. The van der Waals surface area contributed by atoms with Gasteiger partial charge in [0.15, 0.2) is 0 Å². The number of hydrogen-bond donors (Lipinski definition) is 3. The van der Waals surface area contributed by atoms with E-state index in [0.717, 1.165) is 0 Å². The monoisotopic (exact) mass is 654 g/mol. The lowest BCUT2D eigenvalue weighted by Crippen LogP contribution is -2.35. The second-order valence-electron chi connectivity index (χ2n) is 12.4. The molecule has 0 unspecified atom stereocenters. The number of H-pyrrole nitrogens is 1. The van der Waals surface area contributed by atoms with E-state index in [1.165, 1.54) is 63.7 Å². The SMILES string of the molecule is COC(=O)c1c(C)[nH]c2c1[C@@]13C[C@@H]1CN(C(=O)c1cc(C(=O)Nc4cc(C(=O)Nc5cc([N+](=O)[O-])cn5C)cn4C)cn1C)C3=CC2=O. The molecule has 16 heteroatoms.